The molecule has 3 nitrogen and oxygen atoms in total. The van der Waals surface area contributed by atoms with Crippen molar-refractivity contribution in [1.82, 2.24) is 5.32 Å². The van der Waals surface area contributed by atoms with Crippen LogP contribution in [0.3, 0.4) is 0 Å². The van der Waals surface area contributed by atoms with Gasteiger partial charge in [-0.3, -0.25) is 0 Å². The summed E-state index contributed by atoms with van der Waals surface area (Å²) in [6.45, 7) is 6.95. The molecule has 1 rings (SSSR count). The number of sulfone groups is 1. The van der Waals surface area contributed by atoms with E-state index in [2.05, 4.69) is 19.2 Å². The van der Waals surface area contributed by atoms with Gasteiger partial charge in [0.15, 0.2) is 0 Å². The molecule has 0 aromatic carbocycles. The largest absolute Gasteiger partial charge is 0.314 e. The zero-order chi connectivity index (χ0) is 11.5. The van der Waals surface area contributed by atoms with Crippen LogP contribution in [0.5, 0.6) is 0 Å². The van der Waals surface area contributed by atoms with Crippen LogP contribution in [-0.4, -0.2) is 32.5 Å². The first-order valence-electron chi connectivity index (χ1n) is 5.89. The summed E-state index contributed by atoms with van der Waals surface area (Å²) in [7, 11) is -2.79. The maximum atomic E-state index is 11.4. The van der Waals surface area contributed by atoms with Crippen LogP contribution < -0.4 is 5.32 Å². The Kier molecular flexibility index (Phi) is 4.18. The van der Waals surface area contributed by atoms with Crippen molar-refractivity contribution >= 4 is 9.84 Å². The summed E-state index contributed by atoms with van der Waals surface area (Å²) in [5, 5.41) is 3.41. The number of hydrogen-bond donors (Lipinski definition) is 1. The van der Waals surface area contributed by atoms with Gasteiger partial charge in [-0.05, 0) is 38.1 Å². The number of nitrogens with one attached hydrogen (secondary N) is 1. The van der Waals surface area contributed by atoms with Crippen LogP contribution in [0.4, 0.5) is 0 Å². The van der Waals surface area contributed by atoms with E-state index in [9.17, 15) is 8.42 Å². The van der Waals surface area contributed by atoms with Crippen LogP contribution in [0.1, 0.15) is 40.0 Å². The summed E-state index contributed by atoms with van der Waals surface area (Å²) in [5.41, 5.74) is 0.276. The number of rotatable bonds is 7. The normalized spacial score (nSPS) is 21.3. The van der Waals surface area contributed by atoms with E-state index in [1.807, 2.05) is 0 Å². The third-order valence-electron chi connectivity index (χ3n) is 3.67. The zero-order valence-corrected chi connectivity index (χ0v) is 10.9. The highest BCUT2D eigenvalue weighted by Gasteiger charge is 2.46. The van der Waals surface area contributed by atoms with E-state index in [1.54, 1.807) is 6.92 Å². The van der Waals surface area contributed by atoms with Crippen LogP contribution in [0.2, 0.25) is 0 Å². The molecule has 15 heavy (non-hydrogen) atoms. The first-order valence-corrected chi connectivity index (χ1v) is 7.72. The molecule has 0 aliphatic heterocycles. The topological polar surface area (TPSA) is 46.2 Å². The maximum Gasteiger partial charge on any atom is 0.150 e. The molecule has 1 fully saturated rings. The summed E-state index contributed by atoms with van der Waals surface area (Å²) >= 11 is 0. The van der Waals surface area contributed by atoms with Crippen LogP contribution in [0.15, 0.2) is 0 Å². The van der Waals surface area contributed by atoms with Gasteiger partial charge in [-0.1, -0.05) is 13.8 Å². The molecule has 1 unspecified atom stereocenters. The molecule has 1 N–H and O–H groups in total. The second-order valence-corrected chi connectivity index (χ2v) is 7.10. The van der Waals surface area contributed by atoms with Crippen molar-refractivity contribution in [1.29, 1.82) is 0 Å². The van der Waals surface area contributed by atoms with Gasteiger partial charge in [-0.25, -0.2) is 8.42 Å². The molecule has 1 aliphatic rings. The summed E-state index contributed by atoms with van der Waals surface area (Å²) in [6, 6.07) is 0.453. The fraction of sp³-hybridized carbons (Fsp3) is 1.00. The molecule has 0 aromatic heterocycles. The van der Waals surface area contributed by atoms with Gasteiger partial charge in [0.25, 0.3) is 0 Å². The standard InChI is InChI=1S/C11H23NO2S/c1-4-12-10(3)11(6-7-11)8-9-15(13,14)5-2/h10,12H,4-9H2,1-3H3. The van der Waals surface area contributed by atoms with Gasteiger partial charge in [0.05, 0.1) is 5.75 Å². The van der Waals surface area contributed by atoms with Crippen molar-refractivity contribution in [2.45, 2.75) is 46.1 Å². The predicted octanol–water partition coefficient (Wildman–Crippen LogP) is 1.59. The lowest BCUT2D eigenvalue weighted by Crippen LogP contribution is -2.35. The van der Waals surface area contributed by atoms with E-state index < -0.39 is 9.84 Å². The molecule has 1 saturated carbocycles. The Hall–Kier alpha value is -0.0900. The molecule has 0 bridgehead atoms. The van der Waals surface area contributed by atoms with E-state index in [4.69, 9.17) is 0 Å². The summed E-state index contributed by atoms with van der Waals surface area (Å²) in [6.07, 6.45) is 3.19. The highest BCUT2D eigenvalue weighted by atomic mass is 32.2. The molecule has 4 heteroatoms. The molecule has 90 valence electrons. The summed E-state index contributed by atoms with van der Waals surface area (Å²) in [5.74, 6) is 0.637. The van der Waals surface area contributed by atoms with Gasteiger partial charge in [-0.15, -0.1) is 0 Å². The summed E-state index contributed by atoms with van der Waals surface area (Å²) in [4.78, 5) is 0. The van der Waals surface area contributed by atoms with Crippen molar-refractivity contribution < 1.29 is 8.42 Å². The molecule has 1 atom stereocenters. The Morgan fingerprint density at radius 2 is 1.93 bits per heavy atom. The van der Waals surface area contributed by atoms with E-state index in [0.29, 0.717) is 11.8 Å². The van der Waals surface area contributed by atoms with E-state index >= 15 is 0 Å². The van der Waals surface area contributed by atoms with Crippen molar-refractivity contribution in [3.63, 3.8) is 0 Å². The third-order valence-corrected chi connectivity index (χ3v) is 5.38. The monoisotopic (exact) mass is 233 g/mol. The molecule has 0 aromatic rings. The van der Waals surface area contributed by atoms with Gasteiger partial charge in [-0.2, -0.15) is 0 Å². The van der Waals surface area contributed by atoms with Crippen molar-refractivity contribution in [3.8, 4) is 0 Å². The highest BCUT2D eigenvalue weighted by molar-refractivity contribution is 7.91. The Balaban J connectivity index is 2.44. The highest BCUT2D eigenvalue weighted by Crippen LogP contribution is 2.51. The maximum absolute atomic E-state index is 11.4. The second-order valence-electron chi connectivity index (χ2n) is 4.63. The molecule has 0 saturated heterocycles. The smallest absolute Gasteiger partial charge is 0.150 e. The molecule has 0 spiro atoms. The van der Waals surface area contributed by atoms with E-state index in [0.717, 1.165) is 13.0 Å². The molecule has 0 radical (unpaired) electrons. The molecule has 1 aliphatic carbocycles. The minimum atomic E-state index is -2.79. The Labute approximate surface area is 93.6 Å². The van der Waals surface area contributed by atoms with Crippen LogP contribution in [0, 0.1) is 5.41 Å². The minimum Gasteiger partial charge on any atom is -0.314 e. The van der Waals surface area contributed by atoms with E-state index in [-0.39, 0.29) is 11.2 Å². The lowest BCUT2D eigenvalue weighted by Gasteiger charge is -2.23. The zero-order valence-electron chi connectivity index (χ0n) is 10.0. The van der Waals surface area contributed by atoms with Crippen molar-refractivity contribution in [2.75, 3.05) is 18.1 Å². The average molecular weight is 233 g/mol. The van der Waals surface area contributed by atoms with Crippen molar-refractivity contribution in [2.24, 2.45) is 5.41 Å². The Morgan fingerprint density at radius 3 is 2.33 bits per heavy atom. The quantitative estimate of drug-likeness (QED) is 0.726. The second kappa shape index (κ2) is 4.83. The molecular formula is C11H23NO2S. The lowest BCUT2D eigenvalue weighted by atomic mass is 9.95. The van der Waals surface area contributed by atoms with Gasteiger partial charge >= 0.3 is 0 Å². The van der Waals surface area contributed by atoms with Gasteiger partial charge in [0.2, 0.25) is 0 Å². The summed E-state index contributed by atoms with van der Waals surface area (Å²) < 4.78 is 22.9. The first kappa shape index (κ1) is 13.0. The van der Waals surface area contributed by atoms with Crippen LogP contribution in [0.25, 0.3) is 0 Å². The van der Waals surface area contributed by atoms with E-state index in [1.165, 1.54) is 12.8 Å². The fourth-order valence-electron chi connectivity index (χ4n) is 2.09. The Morgan fingerprint density at radius 1 is 1.33 bits per heavy atom. The van der Waals surface area contributed by atoms with Gasteiger partial charge < -0.3 is 5.32 Å². The number of hydrogen-bond acceptors (Lipinski definition) is 3. The van der Waals surface area contributed by atoms with Crippen LogP contribution >= 0.6 is 0 Å². The average Bonchev–Trinajstić information content (AvgIpc) is 2.97. The van der Waals surface area contributed by atoms with Gasteiger partial charge in [0, 0.05) is 11.8 Å². The molecular weight excluding hydrogens is 210 g/mol. The molecule has 0 amide bonds. The Bertz CT molecular complexity index is 294. The third kappa shape index (κ3) is 3.45. The SMILES string of the molecule is CCNC(C)C1(CCS(=O)(=O)CC)CC1. The first-order chi connectivity index (χ1) is 6.96. The fourth-order valence-corrected chi connectivity index (χ4v) is 3.09. The van der Waals surface area contributed by atoms with Crippen molar-refractivity contribution in [3.05, 3.63) is 0 Å². The minimum absolute atomic E-state index is 0.276. The van der Waals surface area contributed by atoms with Crippen LogP contribution in [-0.2, 0) is 9.84 Å². The predicted molar refractivity (Wildman–Crippen MR) is 63.8 cm³/mol. The van der Waals surface area contributed by atoms with Gasteiger partial charge in [0.1, 0.15) is 9.84 Å². The molecule has 0 heterocycles. The lowest BCUT2D eigenvalue weighted by molar-refractivity contribution is 0.348.